The number of amidine groups is 1. The maximum absolute atomic E-state index is 12.8. The first-order valence-electron chi connectivity index (χ1n) is 13.2. The summed E-state index contributed by atoms with van der Waals surface area (Å²) in [6.07, 6.45) is 10.3. The molecular weight excluding hydrogens is 426 g/mol. The second kappa shape index (κ2) is 11.9. The van der Waals surface area contributed by atoms with Crippen LogP contribution in [0, 0.1) is 11.8 Å². The summed E-state index contributed by atoms with van der Waals surface area (Å²) in [6.45, 7) is 10.9. The number of amides is 1. The average molecular weight is 470 g/mol. The molecular formula is C28H43N3O3. The van der Waals surface area contributed by atoms with Crippen molar-refractivity contribution >= 4 is 18.2 Å². The van der Waals surface area contributed by atoms with Crippen molar-refractivity contribution in [2.24, 2.45) is 16.8 Å². The van der Waals surface area contributed by atoms with E-state index < -0.39 is 11.6 Å². The number of carbonyl (C=O) groups excluding carboxylic acids is 1. The number of likely N-dealkylation sites (tertiary alicyclic amines) is 1. The fourth-order valence-corrected chi connectivity index (χ4v) is 5.84. The molecule has 188 valence electrons. The molecule has 6 nitrogen and oxygen atoms in total. The van der Waals surface area contributed by atoms with Gasteiger partial charge < -0.3 is 14.9 Å². The quantitative estimate of drug-likeness (QED) is 0.268. The van der Waals surface area contributed by atoms with Crippen LogP contribution in [-0.2, 0) is 4.79 Å². The van der Waals surface area contributed by atoms with Gasteiger partial charge in [-0.25, -0.2) is 9.79 Å². The molecule has 1 amide bonds. The number of hydrogen-bond acceptors (Lipinski definition) is 3. The molecule has 1 unspecified atom stereocenters. The van der Waals surface area contributed by atoms with Crippen molar-refractivity contribution in [2.75, 3.05) is 13.1 Å². The lowest BCUT2D eigenvalue weighted by Gasteiger charge is -2.48. The van der Waals surface area contributed by atoms with Crippen LogP contribution in [0.4, 0.5) is 0 Å². The molecule has 1 aromatic rings. The number of rotatable bonds is 9. The van der Waals surface area contributed by atoms with E-state index in [1.807, 2.05) is 17.0 Å². The van der Waals surface area contributed by atoms with Crippen molar-refractivity contribution in [3.05, 3.63) is 35.4 Å². The molecule has 0 aromatic heterocycles. The summed E-state index contributed by atoms with van der Waals surface area (Å²) in [6, 6.07) is 6.91. The van der Waals surface area contributed by atoms with Gasteiger partial charge >= 0.3 is 5.97 Å². The third-order valence-corrected chi connectivity index (χ3v) is 7.99. The van der Waals surface area contributed by atoms with Gasteiger partial charge in [0, 0.05) is 13.1 Å². The van der Waals surface area contributed by atoms with Crippen LogP contribution in [0.2, 0.25) is 0 Å². The largest absolute Gasteiger partial charge is 0.478 e. The Bertz CT molecular complexity index is 835. The molecule has 1 aliphatic carbocycles. The lowest BCUT2D eigenvalue weighted by atomic mass is 9.75. The highest BCUT2D eigenvalue weighted by atomic mass is 16.4. The molecule has 1 atom stereocenters. The predicted octanol–water partition coefficient (Wildman–Crippen LogP) is 6.13. The van der Waals surface area contributed by atoms with Crippen LogP contribution in [0.1, 0.15) is 107 Å². The molecule has 0 spiro atoms. The minimum atomic E-state index is -0.934. The van der Waals surface area contributed by atoms with E-state index in [1.54, 1.807) is 12.1 Å². The number of carboxylic acid groups (broad SMARTS) is 1. The Morgan fingerprint density at radius 3 is 2.29 bits per heavy atom. The Kier molecular flexibility index (Phi) is 9.15. The maximum Gasteiger partial charge on any atom is 0.335 e. The van der Waals surface area contributed by atoms with E-state index >= 15 is 0 Å². The molecule has 1 saturated carbocycles. The standard InChI is InChI=1S/C28H43N3O3/c1-5-9-26(24-10-12-25(13-11-24)27(33)34)31(20-32)28(16-14-23(15-17-28)21(2)3)29-22(4)30-18-7-6-8-19-30/h10-13,20-21,23,26H,5-9,14-19H2,1-4H3,(H,33,34)/b29-22+. The van der Waals surface area contributed by atoms with Gasteiger partial charge in [0.1, 0.15) is 5.66 Å². The van der Waals surface area contributed by atoms with Crippen molar-refractivity contribution in [2.45, 2.75) is 97.2 Å². The van der Waals surface area contributed by atoms with Crippen LogP contribution < -0.4 is 0 Å². The second-order valence-electron chi connectivity index (χ2n) is 10.5. The van der Waals surface area contributed by atoms with Gasteiger partial charge in [0.05, 0.1) is 17.4 Å². The molecule has 2 fully saturated rings. The molecule has 1 heterocycles. The zero-order valence-corrected chi connectivity index (χ0v) is 21.5. The zero-order chi connectivity index (χ0) is 24.7. The van der Waals surface area contributed by atoms with Crippen molar-refractivity contribution in [1.82, 2.24) is 9.80 Å². The summed E-state index contributed by atoms with van der Waals surface area (Å²) in [4.78, 5) is 33.9. The summed E-state index contributed by atoms with van der Waals surface area (Å²) in [7, 11) is 0. The van der Waals surface area contributed by atoms with Crippen LogP contribution in [0.5, 0.6) is 0 Å². The predicted molar refractivity (Wildman–Crippen MR) is 137 cm³/mol. The van der Waals surface area contributed by atoms with Crippen molar-refractivity contribution in [3.8, 4) is 0 Å². The Morgan fingerprint density at radius 2 is 1.79 bits per heavy atom. The number of nitrogens with zero attached hydrogens (tertiary/aromatic N) is 3. The number of aliphatic imine (C=N–C) groups is 1. The summed E-state index contributed by atoms with van der Waals surface area (Å²) in [5.74, 6) is 1.40. The van der Waals surface area contributed by atoms with Gasteiger partial charge in [0.25, 0.3) is 0 Å². The first-order chi connectivity index (χ1) is 16.3. The van der Waals surface area contributed by atoms with Gasteiger partial charge in [-0.2, -0.15) is 0 Å². The summed E-state index contributed by atoms with van der Waals surface area (Å²) in [5, 5.41) is 9.32. The highest BCUT2D eigenvalue weighted by Gasteiger charge is 2.44. The molecule has 34 heavy (non-hydrogen) atoms. The lowest BCUT2D eigenvalue weighted by Crippen LogP contribution is -2.52. The SMILES string of the molecule is CCCC(c1ccc(C(=O)O)cc1)N(C=O)C1(/N=C(\C)N2CCCCC2)CCC(C(C)C)CC1. The summed E-state index contributed by atoms with van der Waals surface area (Å²) < 4.78 is 0. The minimum Gasteiger partial charge on any atom is -0.478 e. The molecule has 1 aromatic carbocycles. The number of piperidine rings is 1. The summed E-state index contributed by atoms with van der Waals surface area (Å²) >= 11 is 0. The first-order valence-corrected chi connectivity index (χ1v) is 13.2. The minimum absolute atomic E-state index is 0.126. The van der Waals surface area contributed by atoms with Gasteiger partial charge in [0.15, 0.2) is 0 Å². The third-order valence-electron chi connectivity index (χ3n) is 7.99. The smallest absolute Gasteiger partial charge is 0.335 e. The Hall–Kier alpha value is -2.37. The fraction of sp³-hybridized carbons (Fsp3) is 0.679. The van der Waals surface area contributed by atoms with E-state index in [1.165, 1.54) is 19.3 Å². The van der Waals surface area contributed by atoms with Gasteiger partial charge in [-0.15, -0.1) is 0 Å². The normalized spacial score (nSPS) is 24.7. The van der Waals surface area contributed by atoms with Gasteiger partial charge in [-0.05, 0) is 87.8 Å². The lowest BCUT2D eigenvalue weighted by molar-refractivity contribution is -0.130. The van der Waals surface area contributed by atoms with Gasteiger partial charge in [0.2, 0.25) is 6.41 Å². The highest BCUT2D eigenvalue weighted by Crippen LogP contribution is 2.44. The van der Waals surface area contributed by atoms with E-state index in [2.05, 4.69) is 32.6 Å². The van der Waals surface area contributed by atoms with Crippen LogP contribution in [0.15, 0.2) is 29.3 Å². The van der Waals surface area contributed by atoms with E-state index in [0.29, 0.717) is 11.8 Å². The van der Waals surface area contributed by atoms with Crippen LogP contribution in [-0.4, -0.2) is 51.9 Å². The monoisotopic (exact) mass is 469 g/mol. The van der Waals surface area contributed by atoms with E-state index in [-0.39, 0.29) is 11.6 Å². The zero-order valence-electron chi connectivity index (χ0n) is 21.5. The first kappa shape index (κ1) is 26.2. The summed E-state index contributed by atoms with van der Waals surface area (Å²) in [5.41, 5.74) is 0.692. The molecule has 2 aliphatic rings. The Balaban J connectivity index is 1.99. The third kappa shape index (κ3) is 6.00. The Morgan fingerprint density at radius 1 is 1.18 bits per heavy atom. The average Bonchev–Trinajstić information content (AvgIpc) is 2.85. The molecule has 1 saturated heterocycles. The van der Waals surface area contributed by atoms with E-state index in [9.17, 15) is 14.7 Å². The number of hydrogen-bond donors (Lipinski definition) is 1. The van der Waals surface area contributed by atoms with Crippen molar-refractivity contribution < 1.29 is 14.7 Å². The molecule has 0 bridgehead atoms. The fourth-order valence-electron chi connectivity index (χ4n) is 5.84. The maximum atomic E-state index is 12.8. The highest BCUT2D eigenvalue weighted by molar-refractivity contribution is 5.87. The van der Waals surface area contributed by atoms with E-state index in [4.69, 9.17) is 4.99 Å². The second-order valence-corrected chi connectivity index (χ2v) is 10.5. The van der Waals surface area contributed by atoms with Gasteiger partial charge in [-0.1, -0.05) is 39.3 Å². The number of carbonyl (C=O) groups is 2. The number of carboxylic acids is 1. The van der Waals surface area contributed by atoms with Crippen LogP contribution in [0.25, 0.3) is 0 Å². The Labute approximate surface area is 205 Å². The van der Waals surface area contributed by atoms with Crippen molar-refractivity contribution in [1.29, 1.82) is 0 Å². The van der Waals surface area contributed by atoms with E-state index in [0.717, 1.165) is 69.4 Å². The number of aromatic carboxylic acids is 1. The molecule has 3 rings (SSSR count). The molecule has 6 heteroatoms. The van der Waals surface area contributed by atoms with Crippen molar-refractivity contribution in [3.63, 3.8) is 0 Å². The van der Waals surface area contributed by atoms with Crippen LogP contribution in [0.3, 0.4) is 0 Å². The molecule has 1 aliphatic heterocycles. The molecule has 1 N–H and O–H groups in total. The number of benzene rings is 1. The van der Waals surface area contributed by atoms with Gasteiger partial charge in [-0.3, -0.25) is 4.79 Å². The topological polar surface area (TPSA) is 73.2 Å². The van der Waals surface area contributed by atoms with Crippen LogP contribution >= 0.6 is 0 Å². The molecule has 0 radical (unpaired) electrons.